The summed E-state index contributed by atoms with van der Waals surface area (Å²) in [7, 11) is 0. The van der Waals surface area contributed by atoms with Gasteiger partial charge < -0.3 is 24.2 Å². The molecule has 7 heteroatoms. The first-order valence-corrected chi connectivity index (χ1v) is 22.3. The molecule has 0 aromatic carbocycles. The number of aliphatic hydroxyl groups excluding tert-OH is 1. The smallest absolute Gasteiger partial charge is 0.462 e. The lowest BCUT2D eigenvalue weighted by Crippen LogP contribution is -2.46. The molecule has 0 amide bonds. The summed E-state index contributed by atoms with van der Waals surface area (Å²) in [4.78, 5) is 27.2. The van der Waals surface area contributed by atoms with Crippen molar-refractivity contribution in [3.05, 3.63) is 0 Å². The molecule has 1 N–H and O–H groups in total. The number of unbranched alkanes of at least 4 members (excludes halogenated alkanes) is 15. The van der Waals surface area contributed by atoms with Gasteiger partial charge in [0.2, 0.25) is 0 Å². The molecule has 0 aliphatic heterocycles. The number of rotatable bonds is 33. The molecular formula is C44H81NO6. The van der Waals surface area contributed by atoms with Crippen LogP contribution in [0.1, 0.15) is 200 Å². The molecule has 4 rings (SSSR count). The van der Waals surface area contributed by atoms with Crippen LogP contribution in [-0.4, -0.2) is 67.7 Å². The first-order chi connectivity index (χ1) is 24.9. The van der Waals surface area contributed by atoms with Crippen LogP contribution in [0.4, 0.5) is 4.79 Å². The van der Waals surface area contributed by atoms with Crippen LogP contribution in [-0.2, 0) is 19.0 Å². The number of aliphatic hydroxyl groups is 1. The number of hydrogen-bond donors (Lipinski definition) is 1. The van der Waals surface area contributed by atoms with Crippen LogP contribution in [0.25, 0.3) is 0 Å². The molecule has 0 saturated heterocycles. The van der Waals surface area contributed by atoms with Crippen molar-refractivity contribution in [3.8, 4) is 0 Å². The van der Waals surface area contributed by atoms with Crippen molar-refractivity contribution in [2.45, 2.75) is 206 Å². The van der Waals surface area contributed by atoms with E-state index in [-0.39, 0.29) is 18.7 Å². The summed E-state index contributed by atoms with van der Waals surface area (Å²) in [5, 5.41) is 9.56. The second kappa shape index (κ2) is 27.3. The van der Waals surface area contributed by atoms with Gasteiger partial charge in [0, 0.05) is 13.0 Å². The zero-order valence-corrected chi connectivity index (χ0v) is 33.5. The fourth-order valence-electron chi connectivity index (χ4n) is 10.0. The van der Waals surface area contributed by atoms with E-state index in [1.807, 2.05) is 0 Å². The monoisotopic (exact) mass is 720 g/mol. The number of carbonyl (C=O) groups excluding carboxylic acids is 2. The Morgan fingerprint density at radius 2 is 1.12 bits per heavy atom. The number of nitrogens with zero attached hydrogens (tertiary/aromatic N) is 1. The van der Waals surface area contributed by atoms with Gasteiger partial charge in [-0.05, 0) is 133 Å². The van der Waals surface area contributed by atoms with E-state index in [1.165, 1.54) is 116 Å². The van der Waals surface area contributed by atoms with Crippen LogP contribution in [0.15, 0.2) is 0 Å². The van der Waals surface area contributed by atoms with E-state index in [0.29, 0.717) is 31.6 Å². The highest BCUT2D eigenvalue weighted by molar-refractivity contribution is 5.69. The molecule has 0 atom stereocenters. The summed E-state index contributed by atoms with van der Waals surface area (Å²) in [6.07, 6.45) is 33.9. The maximum absolute atomic E-state index is 12.7. The SMILES string of the molecule is CCCCCCCCC(CCCCCCCC)OC(=O)CCCCCCCN(CCO)CCCCOC(=O)OCCC12CC3CC(CC(C3)C1)C2. The lowest BCUT2D eigenvalue weighted by Gasteiger charge is -2.57. The molecular weight excluding hydrogens is 638 g/mol. The average Bonchev–Trinajstić information content (AvgIpc) is 3.09. The Bertz CT molecular complexity index is 844. The maximum Gasteiger partial charge on any atom is 0.508 e. The van der Waals surface area contributed by atoms with Gasteiger partial charge in [-0.15, -0.1) is 0 Å². The Morgan fingerprint density at radius 3 is 1.69 bits per heavy atom. The van der Waals surface area contributed by atoms with Crippen LogP contribution >= 0.6 is 0 Å². The van der Waals surface area contributed by atoms with Gasteiger partial charge in [-0.25, -0.2) is 4.79 Å². The van der Waals surface area contributed by atoms with Gasteiger partial charge in [-0.1, -0.05) is 97.3 Å². The van der Waals surface area contributed by atoms with Crippen molar-refractivity contribution < 1.29 is 28.9 Å². The molecule has 4 saturated carbocycles. The highest BCUT2D eigenvalue weighted by Gasteiger charge is 2.50. The van der Waals surface area contributed by atoms with Crippen molar-refractivity contribution in [1.29, 1.82) is 0 Å². The summed E-state index contributed by atoms with van der Waals surface area (Å²) in [6.45, 7) is 8.11. The van der Waals surface area contributed by atoms with Crippen molar-refractivity contribution >= 4 is 12.1 Å². The molecule has 4 bridgehead atoms. The van der Waals surface area contributed by atoms with E-state index in [4.69, 9.17) is 14.2 Å². The van der Waals surface area contributed by atoms with E-state index in [9.17, 15) is 14.7 Å². The van der Waals surface area contributed by atoms with Gasteiger partial charge in [0.05, 0.1) is 19.8 Å². The van der Waals surface area contributed by atoms with Crippen LogP contribution in [0.2, 0.25) is 0 Å². The predicted molar refractivity (Wildman–Crippen MR) is 209 cm³/mol. The van der Waals surface area contributed by atoms with Crippen LogP contribution in [0, 0.1) is 23.2 Å². The van der Waals surface area contributed by atoms with Gasteiger partial charge in [0.25, 0.3) is 0 Å². The van der Waals surface area contributed by atoms with Crippen molar-refractivity contribution in [2.75, 3.05) is 39.5 Å². The second-order valence-corrected chi connectivity index (χ2v) is 17.1. The van der Waals surface area contributed by atoms with Crippen molar-refractivity contribution in [3.63, 3.8) is 0 Å². The molecule has 51 heavy (non-hydrogen) atoms. The van der Waals surface area contributed by atoms with Gasteiger partial charge in [-0.2, -0.15) is 0 Å². The summed E-state index contributed by atoms with van der Waals surface area (Å²) in [5.74, 6) is 2.77. The van der Waals surface area contributed by atoms with Crippen LogP contribution < -0.4 is 0 Å². The van der Waals surface area contributed by atoms with E-state index in [0.717, 1.165) is 95.1 Å². The van der Waals surface area contributed by atoms with Gasteiger partial charge in [0.1, 0.15) is 6.10 Å². The predicted octanol–water partition coefficient (Wildman–Crippen LogP) is 11.6. The normalized spacial score (nSPS) is 22.3. The Kier molecular flexibility index (Phi) is 23.6. The average molecular weight is 720 g/mol. The third-order valence-corrected chi connectivity index (χ3v) is 12.4. The Morgan fingerprint density at radius 1 is 0.627 bits per heavy atom. The highest BCUT2D eigenvalue weighted by atomic mass is 16.7. The molecule has 0 radical (unpaired) electrons. The number of hydrogen-bond acceptors (Lipinski definition) is 7. The number of esters is 1. The highest BCUT2D eigenvalue weighted by Crippen LogP contribution is 2.61. The Hall–Kier alpha value is -1.34. The fraction of sp³-hybridized carbons (Fsp3) is 0.955. The van der Waals surface area contributed by atoms with Gasteiger partial charge in [0.15, 0.2) is 0 Å². The number of carbonyl (C=O) groups is 2. The summed E-state index contributed by atoms with van der Waals surface area (Å²) < 4.78 is 16.9. The first kappa shape index (κ1) is 44.1. The van der Waals surface area contributed by atoms with Crippen molar-refractivity contribution in [1.82, 2.24) is 4.90 Å². The van der Waals surface area contributed by atoms with E-state index < -0.39 is 6.16 Å². The largest absolute Gasteiger partial charge is 0.508 e. The van der Waals surface area contributed by atoms with Crippen LogP contribution in [0.5, 0.6) is 0 Å². The topological polar surface area (TPSA) is 85.3 Å². The zero-order chi connectivity index (χ0) is 36.4. The molecule has 298 valence electrons. The second-order valence-electron chi connectivity index (χ2n) is 17.1. The maximum atomic E-state index is 12.7. The fourth-order valence-corrected chi connectivity index (χ4v) is 10.0. The van der Waals surface area contributed by atoms with Crippen LogP contribution in [0.3, 0.4) is 0 Å². The third kappa shape index (κ3) is 19.5. The minimum absolute atomic E-state index is 0.000788. The zero-order valence-electron chi connectivity index (χ0n) is 33.5. The molecule has 0 aromatic heterocycles. The van der Waals surface area contributed by atoms with Gasteiger partial charge >= 0.3 is 12.1 Å². The van der Waals surface area contributed by atoms with E-state index in [1.54, 1.807) is 0 Å². The van der Waals surface area contributed by atoms with Crippen molar-refractivity contribution in [2.24, 2.45) is 23.2 Å². The third-order valence-electron chi connectivity index (χ3n) is 12.4. The van der Waals surface area contributed by atoms with E-state index >= 15 is 0 Å². The quantitative estimate of drug-likeness (QED) is 0.0534. The molecule has 4 fully saturated rings. The minimum atomic E-state index is -0.513. The summed E-state index contributed by atoms with van der Waals surface area (Å²) >= 11 is 0. The molecule has 4 aliphatic carbocycles. The summed E-state index contributed by atoms with van der Waals surface area (Å²) in [5.41, 5.74) is 0.433. The lowest BCUT2D eigenvalue weighted by atomic mass is 9.49. The Labute approximate surface area is 314 Å². The molecule has 4 aliphatic rings. The number of ether oxygens (including phenoxy) is 3. The first-order valence-electron chi connectivity index (χ1n) is 22.3. The Balaban J connectivity index is 1.16. The van der Waals surface area contributed by atoms with E-state index in [2.05, 4.69) is 18.7 Å². The molecule has 7 nitrogen and oxygen atoms in total. The molecule has 0 spiro atoms. The van der Waals surface area contributed by atoms with Gasteiger partial charge in [-0.3, -0.25) is 4.79 Å². The standard InChI is InChI=1S/C44H81NO6/c1-3-5-7-9-12-16-22-41(23-17-13-10-8-6-4-2)51-42(47)24-18-14-11-15-19-26-45(28-29-46)27-20-21-30-49-43(48)50-31-25-44-35-38-32-39(36-44)34-40(33-38)37-44/h38-41,46H,3-37H2,1-2H3. The molecule has 0 heterocycles. The summed E-state index contributed by atoms with van der Waals surface area (Å²) in [6, 6.07) is 0. The molecule has 0 unspecified atom stereocenters. The molecule has 0 aromatic rings. The lowest BCUT2D eigenvalue weighted by molar-refractivity contribution is -0.150. The minimum Gasteiger partial charge on any atom is -0.462 e.